The number of amides is 1. The number of hydrogen-bond donors (Lipinski definition) is 3. The van der Waals surface area contributed by atoms with Crippen LogP contribution in [0.25, 0.3) is 11.3 Å². The Kier molecular flexibility index (Phi) is 5.69. The molecule has 4 rings (SSSR count). The Hall–Kier alpha value is -3.32. The van der Waals surface area contributed by atoms with Gasteiger partial charge in [-0.1, -0.05) is 23.8 Å². The van der Waals surface area contributed by atoms with Crippen molar-refractivity contribution in [3.8, 4) is 22.8 Å². The maximum Gasteiger partial charge on any atom is 0.273 e. The summed E-state index contributed by atoms with van der Waals surface area (Å²) >= 11 is 0. The van der Waals surface area contributed by atoms with Crippen molar-refractivity contribution >= 4 is 5.91 Å². The number of benzene rings is 2. The van der Waals surface area contributed by atoms with E-state index in [0.717, 1.165) is 11.1 Å². The van der Waals surface area contributed by atoms with Crippen LogP contribution >= 0.6 is 0 Å². The minimum absolute atomic E-state index is 0.103. The van der Waals surface area contributed by atoms with Gasteiger partial charge >= 0.3 is 0 Å². The number of H-pyrrole nitrogens is 1. The SMILES string of the molecule is Cc1ccc(O)c(-c2n[nH]c3c2C(c2cccc(O)c2)N(CCCOC(C)C)C3=O)c1. The summed E-state index contributed by atoms with van der Waals surface area (Å²) in [5.41, 5.74) is 3.99. The number of aromatic amines is 1. The van der Waals surface area contributed by atoms with Crippen molar-refractivity contribution in [3.05, 3.63) is 64.8 Å². The molecule has 2 heterocycles. The highest BCUT2D eigenvalue weighted by Crippen LogP contribution is 2.45. The predicted molar refractivity (Wildman–Crippen MR) is 117 cm³/mol. The highest BCUT2D eigenvalue weighted by Gasteiger charge is 2.42. The summed E-state index contributed by atoms with van der Waals surface area (Å²) in [5, 5.41) is 27.8. The number of hydrogen-bond acceptors (Lipinski definition) is 5. The number of nitrogens with zero attached hydrogens (tertiary/aromatic N) is 2. The zero-order chi connectivity index (χ0) is 22.1. The molecule has 0 spiro atoms. The molecular formula is C24H27N3O4. The van der Waals surface area contributed by atoms with Crippen LogP contribution in [0.1, 0.15) is 53.5 Å². The smallest absolute Gasteiger partial charge is 0.273 e. The van der Waals surface area contributed by atoms with E-state index in [1.807, 2.05) is 39.0 Å². The number of nitrogens with one attached hydrogen (secondary N) is 1. The van der Waals surface area contributed by atoms with Gasteiger partial charge < -0.3 is 19.8 Å². The fraction of sp³-hybridized carbons (Fsp3) is 0.333. The van der Waals surface area contributed by atoms with Crippen molar-refractivity contribution < 1.29 is 19.7 Å². The molecule has 7 nitrogen and oxygen atoms in total. The lowest BCUT2D eigenvalue weighted by Crippen LogP contribution is -2.31. The molecule has 7 heteroatoms. The number of ether oxygens (including phenoxy) is 1. The molecule has 0 bridgehead atoms. The summed E-state index contributed by atoms with van der Waals surface area (Å²) in [7, 11) is 0. The van der Waals surface area contributed by atoms with E-state index in [2.05, 4.69) is 10.2 Å². The largest absolute Gasteiger partial charge is 0.508 e. The summed E-state index contributed by atoms with van der Waals surface area (Å²) < 4.78 is 5.65. The lowest BCUT2D eigenvalue weighted by molar-refractivity contribution is 0.0601. The van der Waals surface area contributed by atoms with Crippen LogP contribution in [0.3, 0.4) is 0 Å². The topological polar surface area (TPSA) is 98.7 Å². The molecule has 2 aromatic carbocycles. The fourth-order valence-electron chi connectivity index (χ4n) is 4.07. The van der Waals surface area contributed by atoms with Gasteiger partial charge in [0.15, 0.2) is 0 Å². The zero-order valence-corrected chi connectivity index (χ0v) is 17.9. The Morgan fingerprint density at radius 2 is 2.00 bits per heavy atom. The van der Waals surface area contributed by atoms with Crippen molar-refractivity contribution in [2.75, 3.05) is 13.2 Å². The van der Waals surface area contributed by atoms with Crippen LogP contribution in [0.4, 0.5) is 0 Å². The number of phenols is 2. The summed E-state index contributed by atoms with van der Waals surface area (Å²) in [4.78, 5) is 15.1. The average Bonchev–Trinajstić information content (AvgIpc) is 3.26. The van der Waals surface area contributed by atoms with Gasteiger partial charge in [-0.2, -0.15) is 5.10 Å². The molecule has 1 amide bonds. The van der Waals surface area contributed by atoms with Crippen LogP contribution in [0.2, 0.25) is 0 Å². The third-order valence-corrected chi connectivity index (χ3v) is 5.45. The van der Waals surface area contributed by atoms with Crippen molar-refractivity contribution in [1.82, 2.24) is 15.1 Å². The third kappa shape index (κ3) is 4.01. The molecule has 162 valence electrons. The Labute approximate surface area is 181 Å². The van der Waals surface area contributed by atoms with Crippen LogP contribution in [0.15, 0.2) is 42.5 Å². The Morgan fingerprint density at radius 1 is 1.19 bits per heavy atom. The van der Waals surface area contributed by atoms with Crippen molar-refractivity contribution in [3.63, 3.8) is 0 Å². The maximum atomic E-state index is 13.3. The van der Waals surface area contributed by atoms with Crippen LogP contribution in [0.5, 0.6) is 11.5 Å². The molecule has 1 aromatic heterocycles. The van der Waals surface area contributed by atoms with Gasteiger partial charge in [-0.25, -0.2) is 0 Å². The van der Waals surface area contributed by atoms with Crippen molar-refractivity contribution in [2.24, 2.45) is 0 Å². The van der Waals surface area contributed by atoms with Gasteiger partial charge in [0.25, 0.3) is 5.91 Å². The summed E-state index contributed by atoms with van der Waals surface area (Å²) in [6, 6.07) is 11.8. The van der Waals surface area contributed by atoms with E-state index in [1.165, 1.54) is 0 Å². The molecule has 1 aliphatic heterocycles. The van der Waals surface area contributed by atoms with Crippen LogP contribution in [-0.2, 0) is 4.74 Å². The number of phenolic OH excluding ortho intramolecular Hbond substituents is 2. The van der Waals surface area contributed by atoms with Gasteiger partial charge in [-0.15, -0.1) is 0 Å². The predicted octanol–water partition coefficient (Wildman–Crippen LogP) is 4.16. The van der Waals surface area contributed by atoms with Gasteiger partial charge in [0, 0.05) is 24.3 Å². The minimum atomic E-state index is -0.428. The maximum absolute atomic E-state index is 13.3. The first kappa shape index (κ1) is 20.9. The number of rotatable bonds is 7. The molecular weight excluding hydrogens is 394 g/mol. The van der Waals surface area contributed by atoms with Gasteiger partial charge in [-0.3, -0.25) is 9.89 Å². The van der Waals surface area contributed by atoms with E-state index in [9.17, 15) is 15.0 Å². The summed E-state index contributed by atoms with van der Waals surface area (Å²) in [6.45, 7) is 6.94. The van der Waals surface area contributed by atoms with Crippen LogP contribution in [0, 0.1) is 6.92 Å². The van der Waals surface area contributed by atoms with E-state index >= 15 is 0 Å². The van der Waals surface area contributed by atoms with Gasteiger partial charge in [0.2, 0.25) is 0 Å². The Bertz CT molecular complexity index is 1110. The highest BCUT2D eigenvalue weighted by molar-refractivity contribution is 6.00. The van der Waals surface area contributed by atoms with Gasteiger partial charge in [-0.05, 0) is 57.0 Å². The van der Waals surface area contributed by atoms with Gasteiger partial charge in [0.05, 0.1) is 12.1 Å². The van der Waals surface area contributed by atoms with E-state index in [1.54, 1.807) is 29.2 Å². The number of aryl methyl sites for hydroxylation is 1. The first-order valence-corrected chi connectivity index (χ1v) is 10.5. The fourth-order valence-corrected chi connectivity index (χ4v) is 4.07. The first-order valence-electron chi connectivity index (χ1n) is 10.5. The number of carbonyl (C=O) groups is 1. The first-order chi connectivity index (χ1) is 14.9. The quantitative estimate of drug-likeness (QED) is 0.498. The molecule has 0 aliphatic carbocycles. The van der Waals surface area contributed by atoms with Crippen molar-refractivity contribution in [1.29, 1.82) is 0 Å². The van der Waals surface area contributed by atoms with E-state index < -0.39 is 6.04 Å². The summed E-state index contributed by atoms with van der Waals surface area (Å²) in [6.07, 6.45) is 0.811. The van der Waals surface area contributed by atoms with E-state index in [4.69, 9.17) is 4.74 Å². The van der Waals surface area contributed by atoms with Gasteiger partial charge in [0.1, 0.15) is 22.9 Å². The normalized spacial score (nSPS) is 15.7. The molecule has 31 heavy (non-hydrogen) atoms. The molecule has 3 aromatic rings. The second-order valence-corrected chi connectivity index (χ2v) is 8.15. The minimum Gasteiger partial charge on any atom is -0.508 e. The molecule has 3 N–H and O–H groups in total. The number of aromatic hydroxyl groups is 2. The van der Waals surface area contributed by atoms with Crippen LogP contribution in [-0.4, -0.2) is 50.5 Å². The number of fused-ring (bicyclic) bond motifs is 1. The van der Waals surface area contributed by atoms with Crippen LogP contribution < -0.4 is 0 Å². The second kappa shape index (κ2) is 8.43. The molecule has 0 radical (unpaired) electrons. The molecule has 1 unspecified atom stereocenters. The Balaban J connectivity index is 1.78. The molecule has 0 saturated carbocycles. The molecule has 0 fully saturated rings. The Morgan fingerprint density at radius 3 is 2.74 bits per heavy atom. The third-order valence-electron chi connectivity index (χ3n) is 5.45. The number of carbonyl (C=O) groups excluding carboxylic acids is 1. The highest BCUT2D eigenvalue weighted by atomic mass is 16.5. The second-order valence-electron chi connectivity index (χ2n) is 8.15. The standard InChI is InChI=1S/C24H27N3O4/c1-14(2)31-11-5-10-27-23(16-6-4-7-17(28)13-16)20-21(25-26-22(20)24(27)30)18-12-15(3)8-9-19(18)29/h4,6-9,12-14,23,28-29H,5,10-11H2,1-3H3,(H,25,26). The molecule has 0 saturated heterocycles. The number of aromatic nitrogens is 2. The monoisotopic (exact) mass is 421 g/mol. The van der Waals surface area contributed by atoms with E-state index in [-0.39, 0.29) is 23.5 Å². The van der Waals surface area contributed by atoms with E-state index in [0.29, 0.717) is 42.1 Å². The zero-order valence-electron chi connectivity index (χ0n) is 17.9. The average molecular weight is 421 g/mol. The lowest BCUT2D eigenvalue weighted by Gasteiger charge is -2.26. The summed E-state index contributed by atoms with van der Waals surface area (Å²) in [5.74, 6) is 0.0783. The lowest BCUT2D eigenvalue weighted by atomic mass is 9.95. The van der Waals surface area contributed by atoms with Crippen molar-refractivity contribution in [2.45, 2.75) is 39.3 Å². The molecule has 1 atom stereocenters. The molecule has 1 aliphatic rings.